The number of hydrogen-bond donors (Lipinski definition) is 0. The van der Waals surface area contributed by atoms with Crippen LogP contribution in [0.2, 0.25) is 0 Å². The van der Waals surface area contributed by atoms with Crippen molar-refractivity contribution in [1.82, 2.24) is 24.6 Å². The molecule has 134 valence electrons. The molecule has 0 N–H and O–H groups in total. The number of aromatic nitrogens is 4. The Hall–Kier alpha value is -3.22. The van der Waals surface area contributed by atoms with Gasteiger partial charge in [-0.15, -0.1) is 0 Å². The van der Waals surface area contributed by atoms with Crippen LogP contribution in [0.15, 0.2) is 48.9 Å². The molecular weight excluding hydrogens is 328 g/mol. The summed E-state index contributed by atoms with van der Waals surface area (Å²) >= 11 is 0. The van der Waals surface area contributed by atoms with E-state index >= 15 is 0 Å². The Kier molecular flexibility index (Phi) is 4.97. The van der Waals surface area contributed by atoms with Crippen molar-refractivity contribution in [2.45, 2.75) is 13.5 Å². The van der Waals surface area contributed by atoms with Crippen molar-refractivity contribution in [2.75, 3.05) is 26.0 Å². The van der Waals surface area contributed by atoms with Gasteiger partial charge in [-0.25, -0.2) is 14.6 Å². The summed E-state index contributed by atoms with van der Waals surface area (Å²) in [5, 5.41) is 4.21. The molecule has 2 aromatic heterocycles. The number of carbonyl (C=O) groups is 1. The predicted molar refractivity (Wildman–Crippen MR) is 100 cm³/mol. The second-order valence-electron chi connectivity index (χ2n) is 6.34. The third kappa shape index (κ3) is 3.72. The third-order valence-electron chi connectivity index (χ3n) is 4.07. The quantitative estimate of drug-likeness (QED) is 0.706. The minimum atomic E-state index is -0.0936. The van der Waals surface area contributed by atoms with E-state index in [1.165, 1.54) is 0 Å². The lowest BCUT2D eigenvalue weighted by atomic mass is 10.1. The van der Waals surface area contributed by atoms with Crippen molar-refractivity contribution in [3.05, 3.63) is 65.7 Å². The van der Waals surface area contributed by atoms with Crippen molar-refractivity contribution in [2.24, 2.45) is 0 Å². The molecule has 0 saturated heterocycles. The standard InChI is InChI=1S/C19H22N6O/c1-14-17(12-20-19(22-14)23(2)3)18(26)24(4)13-15-6-8-16(9-7-15)25-11-5-10-21-25/h5-12H,13H2,1-4H3. The molecule has 7 nitrogen and oxygen atoms in total. The van der Waals surface area contributed by atoms with Crippen molar-refractivity contribution < 1.29 is 4.79 Å². The van der Waals surface area contributed by atoms with E-state index in [9.17, 15) is 4.79 Å². The van der Waals surface area contributed by atoms with Crippen LogP contribution in [0.4, 0.5) is 5.95 Å². The molecule has 0 bridgehead atoms. The number of hydrogen-bond acceptors (Lipinski definition) is 5. The first-order valence-corrected chi connectivity index (χ1v) is 8.31. The number of aryl methyl sites for hydroxylation is 1. The molecule has 3 rings (SSSR count). The van der Waals surface area contributed by atoms with E-state index in [-0.39, 0.29) is 5.91 Å². The minimum Gasteiger partial charge on any atom is -0.347 e. The van der Waals surface area contributed by atoms with Crippen molar-refractivity contribution in [1.29, 1.82) is 0 Å². The zero-order valence-electron chi connectivity index (χ0n) is 15.4. The van der Waals surface area contributed by atoms with E-state index < -0.39 is 0 Å². The normalized spacial score (nSPS) is 10.6. The van der Waals surface area contributed by atoms with Crippen molar-refractivity contribution >= 4 is 11.9 Å². The number of carbonyl (C=O) groups excluding carboxylic acids is 1. The first-order chi connectivity index (χ1) is 12.5. The predicted octanol–water partition coefficient (Wildman–Crippen LogP) is 2.31. The summed E-state index contributed by atoms with van der Waals surface area (Å²) in [6, 6.07) is 9.85. The second-order valence-corrected chi connectivity index (χ2v) is 6.34. The number of amides is 1. The van der Waals surface area contributed by atoms with Gasteiger partial charge < -0.3 is 9.80 Å². The van der Waals surface area contributed by atoms with Gasteiger partial charge in [0.2, 0.25) is 5.95 Å². The van der Waals surface area contributed by atoms with E-state index in [2.05, 4.69) is 15.1 Å². The fourth-order valence-corrected chi connectivity index (χ4v) is 2.61. The van der Waals surface area contributed by atoms with Gasteiger partial charge in [0.1, 0.15) is 0 Å². The lowest BCUT2D eigenvalue weighted by molar-refractivity contribution is 0.0783. The maximum Gasteiger partial charge on any atom is 0.257 e. The highest BCUT2D eigenvalue weighted by Crippen LogP contribution is 2.14. The van der Waals surface area contributed by atoms with E-state index in [4.69, 9.17) is 0 Å². The van der Waals surface area contributed by atoms with Crippen molar-refractivity contribution in [3.8, 4) is 5.69 Å². The van der Waals surface area contributed by atoms with Gasteiger partial charge in [-0.3, -0.25) is 4.79 Å². The van der Waals surface area contributed by atoms with Gasteiger partial charge >= 0.3 is 0 Å². The molecule has 0 fully saturated rings. The van der Waals surface area contributed by atoms with Crippen LogP contribution < -0.4 is 4.90 Å². The van der Waals surface area contributed by atoms with Crippen LogP contribution in [0, 0.1) is 6.92 Å². The van der Waals surface area contributed by atoms with Gasteiger partial charge in [0, 0.05) is 46.3 Å². The highest BCUT2D eigenvalue weighted by molar-refractivity contribution is 5.94. The summed E-state index contributed by atoms with van der Waals surface area (Å²) in [6.45, 7) is 2.34. The lowest BCUT2D eigenvalue weighted by Crippen LogP contribution is -2.27. The second kappa shape index (κ2) is 7.35. The maximum atomic E-state index is 12.7. The van der Waals surface area contributed by atoms with Gasteiger partial charge in [-0.05, 0) is 30.7 Å². The van der Waals surface area contributed by atoms with E-state index in [1.54, 1.807) is 29.0 Å². The lowest BCUT2D eigenvalue weighted by Gasteiger charge is -2.19. The highest BCUT2D eigenvalue weighted by atomic mass is 16.2. The molecule has 0 aliphatic rings. The van der Waals surface area contributed by atoms with Gasteiger partial charge in [-0.1, -0.05) is 12.1 Å². The number of benzene rings is 1. The molecule has 0 spiro atoms. The first-order valence-electron chi connectivity index (χ1n) is 8.31. The molecule has 26 heavy (non-hydrogen) atoms. The van der Waals surface area contributed by atoms with Crippen LogP contribution in [0.5, 0.6) is 0 Å². The zero-order chi connectivity index (χ0) is 18.7. The fraction of sp³-hybridized carbons (Fsp3) is 0.263. The third-order valence-corrected chi connectivity index (χ3v) is 4.07. The molecule has 1 aromatic carbocycles. The topological polar surface area (TPSA) is 67.2 Å². The maximum absolute atomic E-state index is 12.7. The summed E-state index contributed by atoms with van der Waals surface area (Å²) < 4.78 is 1.80. The number of nitrogens with zero attached hydrogens (tertiary/aromatic N) is 6. The number of anilines is 1. The Morgan fingerprint density at radius 2 is 1.88 bits per heavy atom. The smallest absolute Gasteiger partial charge is 0.257 e. The molecule has 1 amide bonds. The summed E-state index contributed by atoms with van der Waals surface area (Å²) in [5.41, 5.74) is 3.22. The van der Waals surface area contributed by atoms with E-state index in [1.807, 2.05) is 62.4 Å². The van der Waals surface area contributed by atoms with Gasteiger partial charge in [-0.2, -0.15) is 5.10 Å². The Bertz CT molecular complexity index is 887. The highest BCUT2D eigenvalue weighted by Gasteiger charge is 2.17. The SMILES string of the molecule is Cc1nc(N(C)C)ncc1C(=O)N(C)Cc1ccc(-n2cccn2)cc1. The summed E-state index contributed by atoms with van der Waals surface area (Å²) in [6.07, 6.45) is 5.23. The molecule has 0 unspecified atom stereocenters. The summed E-state index contributed by atoms with van der Waals surface area (Å²) in [5.74, 6) is 0.500. The Morgan fingerprint density at radius 1 is 1.15 bits per heavy atom. The molecule has 0 atom stereocenters. The minimum absolute atomic E-state index is 0.0936. The average molecular weight is 350 g/mol. The summed E-state index contributed by atoms with van der Waals surface area (Å²) in [7, 11) is 5.52. The first kappa shape index (κ1) is 17.6. The van der Waals surface area contributed by atoms with Crippen LogP contribution in [0.1, 0.15) is 21.6 Å². The van der Waals surface area contributed by atoms with Crippen LogP contribution in [-0.2, 0) is 6.54 Å². The monoisotopic (exact) mass is 350 g/mol. The molecule has 2 heterocycles. The Morgan fingerprint density at radius 3 is 2.46 bits per heavy atom. The molecule has 3 aromatic rings. The van der Waals surface area contributed by atoms with Crippen molar-refractivity contribution in [3.63, 3.8) is 0 Å². The largest absolute Gasteiger partial charge is 0.347 e. The molecule has 0 radical (unpaired) electrons. The van der Waals surface area contributed by atoms with Crippen LogP contribution in [-0.4, -0.2) is 51.7 Å². The average Bonchev–Trinajstić information content (AvgIpc) is 3.16. The molecule has 0 aliphatic heterocycles. The zero-order valence-corrected chi connectivity index (χ0v) is 15.4. The van der Waals surface area contributed by atoms with E-state index in [0.29, 0.717) is 23.8 Å². The molecule has 7 heteroatoms. The van der Waals surface area contributed by atoms with Gasteiger partial charge in [0.05, 0.1) is 16.9 Å². The summed E-state index contributed by atoms with van der Waals surface area (Å²) in [4.78, 5) is 24.8. The van der Waals surface area contributed by atoms with Crippen LogP contribution >= 0.6 is 0 Å². The fourth-order valence-electron chi connectivity index (χ4n) is 2.61. The molecule has 0 aliphatic carbocycles. The Balaban J connectivity index is 1.71. The molecular formula is C19H22N6O. The van der Waals surface area contributed by atoms with Crippen LogP contribution in [0.3, 0.4) is 0 Å². The van der Waals surface area contributed by atoms with Gasteiger partial charge in [0.15, 0.2) is 0 Å². The Labute approximate surface area is 152 Å². The molecule has 0 saturated carbocycles. The van der Waals surface area contributed by atoms with E-state index in [0.717, 1.165) is 11.3 Å². The number of rotatable bonds is 5. The van der Waals surface area contributed by atoms with Crippen LogP contribution in [0.25, 0.3) is 5.69 Å². The van der Waals surface area contributed by atoms with Gasteiger partial charge in [0.25, 0.3) is 5.91 Å².